The van der Waals surface area contributed by atoms with Crippen LogP contribution in [-0.2, 0) is 17.8 Å². The third-order valence-corrected chi connectivity index (χ3v) is 3.44. The van der Waals surface area contributed by atoms with E-state index in [-0.39, 0.29) is 11.5 Å². The van der Waals surface area contributed by atoms with Gasteiger partial charge in [-0.25, -0.2) is 4.98 Å². The fraction of sp³-hybridized carbons (Fsp3) is 0.389. The molecule has 0 radical (unpaired) electrons. The minimum atomic E-state index is -2.90. The summed E-state index contributed by atoms with van der Waals surface area (Å²) in [6, 6.07) is 8.61. The van der Waals surface area contributed by atoms with Crippen molar-refractivity contribution in [2.24, 2.45) is 0 Å². The molecule has 2 rings (SSSR count). The number of nitrogens with zero attached hydrogens (tertiary/aromatic N) is 1. The van der Waals surface area contributed by atoms with Crippen LogP contribution >= 0.6 is 0 Å². The summed E-state index contributed by atoms with van der Waals surface area (Å²) in [7, 11) is 3.01. The third-order valence-electron chi connectivity index (χ3n) is 3.44. The van der Waals surface area contributed by atoms with Crippen LogP contribution in [0.15, 0.2) is 36.5 Å². The maximum atomic E-state index is 12.5. The van der Waals surface area contributed by atoms with Crippen LogP contribution in [0.4, 0.5) is 8.78 Å². The van der Waals surface area contributed by atoms with Crippen molar-refractivity contribution >= 4 is 0 Å². The summed E-state index contributed by atoms with van der Waals surface area (Å²) in [5.74, 6) is 0.818. The van der Waals surface area contributed by atoms with Gasteiger partial charge in [-0.3, -0.25) is 0 Å². The summed E-state index contributed by atoms with van der Waals surface area (Å²) in [5.41, 5.74) is 1.77. The fourth-order valence-electron chi connectivity index (χ4n) is 2.20. The van der Waals surface area contributed by atoms with Gasteiger partial charge in [-0.2, -0.15) is 8.78 Å². The van der Waals surface area contributed by atoms with Gasteiger partial charge in [-0.1, -0.05) is 12.1 Å². The number of alkyl halides is 2. The molecule has 6 nitrogen and oxygen atoms in total. The van der Waals surface area contributed by atoms with E-state index in [9.17, 15) is 8.78 Å². The van der Waals surface area contributed by atoms with Gasteiger partial charge >= 0.3 is 6.61 Å². The summed E-state index contributed by atoms with van der Waals surface area (Å²) >= 11 is 0. The van der Waals surface area contributed by atoms with Gasteiger partial charge in [0.15, 0.2) is 11.5 Å². The van der Waals surface area contributed by atoms with Crippen molar-refractivity contribution in [3.63, 3.8) is 0 Å². The number of benzene rings is 1. The Kier molecular flexibility index (Phi) is 8.04. The van der Waals surface area contributed by atoms with Crippen LogP contribution in [0.25, 0.3) is 0 Å². The highest BCUT2D eigenvalue weighted by molar-refractivity contribution is 5.43. The van der Waals surface area contributed by atoms with Crippen molar-refractivity contribution in [1.29, 1.82) is 0 Å². The van der Waals surface area contributed by atoms with E-state index in [1.807, 2.05) is 6.07 Å². The predicted molar refractivity (Wildman–Crippen MR) is 91.8 cm³/mol. The molecule has 1 aromatic carbocycles. The molecule has 0 aliphatic heterocycles. The maximum absolute atomic E-state index is 12.5. The van der Waals surface area contributed by atoms with Crippen LogP contribution in [-0.4, -0.2) is 39.0 Å². The van der Waals surface area contributed by atoms with E-state index in [2.05, 4.69) is 15.0 Å². The molecule has 0 atom stereocenters. The summed E-state index contributed by atoms with van der Waals surface area (Å²) < 4.78 is 44.7. The van der Waals surface area contributed by atoms with Crippen molar-refractivity contribution in [3.8, 4) is 17.4 Å². The second-order valence-corrected chi connectivity index (χ2v) is 5.31. The number of methoxy groups -OCH3 is 2. The number of hydrogen-bond donors (Lipinski definition) is 1. The lowest BCUT2D eigenvalue weighted by atomic mass is 10.2. The van der Waals surface area contributed by atoms with Crippen LogP contribution in [0, 0.1) is 0 Å². The van der Waals surface area contributed by atoms with Gasteiger partial charge in [0, 0.05) is 32.5 Å². The lowest BCUT2D eigenvalue weighted by molar-refractivity contribution is -0.0512. The third kappa shape index (κ3) is 6.45. The van der Waals surface area contributed by atoms with Gasteiger partial charge in [0.05, 0.1) is 13.7 Å². The summed E-state index contributed by atoms with van der Waals surface area (Å²) in [4.78, 5) is 4.21. The molecule has 1 heterocycles. The quantitative estimate of drug-likeness (QED) is 0.615. The molecule has 1 aromatic heterocycles. The van der Waals surface area contributed by atoms with Crippen LogP contribution in [0.1, 0.15) is 11.1 Å². The van der Waals surface area contributed by atoms with E-state index in [1.165, 1.54) is 13.2 Å². The lowest BCUT2D eigenvalue weighted by Crippen LogP contribution is -2.13. The summed E-state index contributed by atoms with van der Waals surface area (Å²) in [6.07, 6.45) is 1.72. The maximum Gasteiger partial charge on any atom is 0.387 e. The average Bonchev–Trinajstić information content (AvgIpc) is 2.63. The Morgan fingerprint density at radius 2 is 1.77 bits per heavy atom. The highest BCUT2D eigenvalue weighted by atomic mass is 19.3. The molecule has 142 valence electrons. The Morgan fingerprint density at radius 3 is 2.42 bits per heavy atom. The molecule has 0 aliphatic carbocycles. The van der Waals surface area contributed by atoms with Gasteiger partial charge < -0.3 is 24.3 Å². The Bertz CT molecular complexity index is 669. The van der Waals surface area contributed by atoms with Crippen molar-refractivity contribution in [2.45, 2.75) is 19.7 Å². The Labute approximate surface area is 151 Å². The van der Waals surface area contributed by atoms with Gasteiger partial charge in [-0.05, 0) is 23.3 Å². The van der Waals surface area contributed by atoms with Crippen LogP contribution in [0.2, 0.25) is 0 Å². The number of nitrogens with one attached hydrogen (secondary N) is 1. The smallest absolute Gasteiger partial charge is 0.387 e. The van der Waals surface area contributed by atoms with Gasteiger partial charge in [-0.15, -0.1) is 0 Å². The summed E-state index contributed by atoms with van der Waals surface area (Å²) in [5, 5.41) is 3.22. The number of hydrogen-bond acceptors (Lipinski definition) is 6. The van der Waals surface area contributed by atoms with Crippen molar-refractivity contribution in [2.75, 3.05) is 27.4 Å². The largest absolute Gasteiger partial charge is 0.493 e. The van der Waals surface area contributed by atoms with Gasteiger partial charge in [0.1, 0.15) is 6.61 Å². The van der Waals surface area contributed by atoms with Crippen molar-refractivity contribution in [1.82, 2.24) is 10.3 Å². The molecule has 0 bridgehead atoms. The second kappa shape index (κ2) is 10.5. The van der Waals surface area contributed by atoms with E-state index in [1.54, 1.807) is 31.5 Å². The zero-order chi connectivity index (χ0) is 18.8. The molecule has 0 saturated heterocycles. The number of aromatic nitrogens is 1. The Morgan fingerprint density at radius 1 is 1.00 bits per heavy atom. The number of ether oxygens (including phenoxy) is 4. The lowest BCUT2D eigenvalue weighted by Gasteiger charge is -2.12. The molecular weight excluding hydrogens is 346 g/mol. The number of halogens is 2. The molecule has 26 heavy (non-hydrogen) atoms. The average molecular weight is 368 g/mol. The Balaban J connectivity index is 1.85. The topological polar surface area (TPSA) is 61.8 Å². The van der Waals surface area contributed by atoms with Crippen LogP contribution < -0.4 is 19.5 Å². The van der Waals surface area contributed by atoms with Crippen LogP contribution in [0.5, 0.6) is 17.4 Å². The highest BCUT2D eigenvalue weighted by Gasteiger charge is 2.11. The first-order valence-electron chi connectivity index (χ1n) is 8.01. The molecule has 0 saturated carbocycles. The molecule has 2 aromatic rings. The minimum Gasteiger partial charge on any atom is -0.493 e. The van der Waals surface area contributed by atoms with E-state index < -0.39 is 6.61 Å². The van der Waals surface area contributed by atoms with E-state index in [0.29, 0.717) is 32.2 Å². The highest BCUT2D eigenvalue weighted by Crippen LogP contribution is 2.29. The molecule has 8 heteroatoms. The first kappa shape index (κ1) is 19.9. The zero-order valence-electron chi connectivity index (χ0n) is 14.7. The van der Waals surface area contributed by atoms with E-state index >= 15 is 0 Å². The monoisotopic (exact) mass is 368 g/mol. The van der Waals surface area contributed by atoms with E-state index in [4.69, 9.17) is 14.2 Å². The molecule has 0 aliphatic rings. The van der Waals surface area contributed by atoms with Gasteiger partial charge in [0.25, 0.3) is 0 Å². The SMILES string of the molecule is COCCOc1ccc(CNCc2ccc(OC)c(OC(F)F)c2)cn1. The zero-order valence-corrected chi connectivity index (χ0v) is 14.7. The molecule has 0 spiro atoms. The molecule has 0 unspecified atom stereocenters. The minimum absolute atomic E-state index is 0.0148. The van der Waals surface area contributed by atoms with Crippen molar-refractivity contribution < 1.29 is 27.7 Å². The fourth-order valence-corrected chi connectivity index (χ4v) is 2.20. The summed E-state index contributed by atoms with van der Waals surface area (Å²) in [6.45, 7) is -0.896. The van der Waals surface area contributed by atoms with Crippen LogP contribution in [0.3, 0.4) is 0 Å². The number of pyridine rings is 1. The Hall–Kier alpha value is -2.45. The second-order valence-electron chi connectivity index (χ2n) is 5.31. The molecular formula is C18H22F2N2O4. The first-order valence-corrected chi connectivity index (χ1v) is 8.01. The standard InChI is InChI=1S/C18H22F2N2O4/c1-23-7-8-25-17-6-4-14(12-22-17)11-21-10-13-3-5-15(24-2)16(9-13)26-18(19)20/h3-6,9,12,18,21H,7-8,10-11H2,1-2H3. The molecule has 0 amide bonds. The molecule has 1 N–H and O–H groups in total. The van der Waals surface area contributed by atoms with Crippen molar-refractivity contribution in [3.05, 3.63) is 47.7 Å². The first-order chi connectivity index (χ1) is 12.6. The predicted octanol–water partition coefficient (Wildman–Crippen LogP) is 3.01. The van der Waals surface area contributed by atoms with Gasteiger partial charge in [0.2, 0.25) is 5.88 Å². The molecule has 0 fully saturated rings. The number of rotatable bonds is 11. The normalized spacial score (nSPS) is 10.8. The van der Waals surface area contributed by atoms with E-state index in [0.717, 1.165) is 11.1 Å².